The molecule has 0 radical (unpaired) electrons. The molecule has 1 saturated carbocycles. The summed E-state index contributed by atoms with van der Waals surface area (Å²) in [4.78, 5) is 26.2. The number of methoxy groups -OCH3 is 1. The fourth-order valence-electron chi connectivity index (χ4n) is 4.52. The van der Waals surface area contributed by atoms with Crippen LogP contribution in [0, 0.1) is 12.8 Å². The molecule has 0 spiro atoms. The van der Waals surface area contributed by atoms with Crippen LogP contribution in [0.25, 0.3) is 0 Å². The third kappa shape index (κ3) is 5.66. The zero-order chi connectivity index (χ0) is 21.6. The van der Waals surface area contributed by atoms with Crippen LogP contribution >= 0.6 is 0 Å². The van der Waals surface area contributed by atoms with Crippen molar-refractivity contribution in [1.29, 1.82) is 0 Å². The largest absolute Gasteiger partial charge is 0.497 e. The minimum absolute atomic E-state index is 0.304. The summed E-state index contributed by atoms with van der Waals surface area (Å²) < 4.78 is 5.22. The van der Waals surface area contributed by atoms with Gasteiger partial charge in [-0.05, 0) is 43.5 Å². The second kappa shape index (κ2) is 9.98. The summed E-state index contributed by atoms with van der Waals surface area (Å²) in [6.07, 6.45) is 7.03. The molecule has 2 aromatic rings. The average molecular weight is 424 g/mol. The molecular formula is C24H33N5O2. The van der Waals surface area contributed by atoms with Gasteiger partial charge >= 0.3 is 0 Å². The van der Waals surface area contributed by atoms with Crippen LogP contribution in [0.5, 0.6) is 5.75 Å². The highest BCUT2D eigenvalue weighted by atomic mass is 16.5. The Balaban J connectivity index is 1.32. The molecule has 2 heterocycles. The number of ether oxygens (including phenoxy) is 1. The average Bonchev–Trinajstić information content (AvgIpc) is 3.31. The van der Waals surface area contributed by atoms with E-state index in [1.165, 1.54) is 25.7 Å². The Hall–Kier alpha value is -2.83. The van der Waals surface area contributed by atoms with Crippen molar-refractivity contribution in [2.45, 2.75) is 45.4 Å². The van der Waals surface area contributed by atoms with Gasteiger partial charge in [-0.15, -0.1) is 0 Å². The predicted molar refractivity (Wildman–Crippen MR) is 123 cm³/mol. The van der Waals surface area contributed by atoms with E-state index in [1.807, 2.05) is 42.2 Å². The van der Waals surface area contributed by atoms with Gasteiger partial charge in [-0.25, -0.2) is 4.98 Å². The zero-order valence-electron chi connectivity index (χ0n) is 18.6. The molecule has 7 nitrogen and oxygen atoms in total. The van der Waals surface area contributed by atoms with E-state index in [-0.39, 0.29) is 0 Å². The number of nitrogens with zero attached hydrogens (tertiary/aromatic N) is 4. The smallest absolute Gasteiger partial charge is 0.227 e. The standard InChI is InChI=1S/C24H33N5O2/c1-18-17-22(26-20-8-10-21(31-2)11-9-20)27-24(25-18)29-15-13-28(14-16-29)23(30)12-7-19-5-3-4-6-19/h8-11,17,19H,3-7,12-16H2,1-2H3,(H,25,26,27). The number of rotatable bonds is 7. The maximum Gasteiger partial charge on any atom is 0.227 e. The molecule has 0 bridgehead atoms. The number of piperazine rings is 1. The number of carbonyl (C=O) groups excluding carboxylic acids is 1. The van der Waals surface area contributed by atoms with Crippen LogP contribution in [0.3, 0.4) is 0 Å². The Morgan fingerprint density at radius 2 is 1.81 bits per heavy atom. The van der Waals surface area contributed by atoms with Gasteiger partial charge in [-0.1, -0.05) is 25.7 Å². The van der Waals surface area contributed by atoms with Gasteiger partial charge in [-0.3, -0.25) is 4.79 Å². The molecule has 7 heteroatoms. The lowest BCUT2D eigenvalue weighted by molar-refractivity contribution is -0.131. The van der Waals surface area contributed by atoms with E-state index in [4.69, 9.17) is 9.72 Å². The first kappa shape index (κ1) is 21.4. The molecule has 1 N–H and O–H groups in total. The highest BCUT2D eigenvalue weighted by Crippen LogP contribution is 2.29. The lowest BCUT2D eigenvalue weighted by Crippen LogP contribution is -2.49. The van der Waals surface area contributed by atoms with E-state index in [0.717, 1.165) is 61.5 Å². The quantitative estimate of drug-likeness (QED) is 0.721. The summed E-state index contributed by atoms with van der Waals surface area (Å²) in [5.41, 5.74) is 1.86. The molecule has 2 aliphatic rings. The summed E-state index contributed by atoms with van der Waals surface area (Å²) >= 11 is 0. The number of anilines is 3. The second-order valence-corrected chi connectivity index (χ2v) is 8.61. The normalized spacial score (nSPS) is 17.1. The predicted octanol–water partition coefficient (Wildman–Crippen LogP) is 4.16. The maximum atomic E-state index is 12.6. The van der Waals surface area contributed by atoms with Crippen molar-refractivity contribution in [2.75, 3.05) is 43.5 Å². The number of carbonyl (C=O) groups is 1. The first-order chi connectivity index (χ1) is 15.1. The fraction of sp³-hybridized carbons (Fsp3) is 0.542. The molecule has 1 aliphatic carbocycles. The van der Waals surface area contributed by atoms with Crippen molar-refractivity contribution in [3.63, 3.8) is 0 Å². The minimum atomic E-state index is 0.304. The van der Waals surface area contributed by atoms with Crippen LogP contribution in [0.4, 0.5) is 17.5 Å². The zero-order valence-corrected chi connectivity index (χ0v) is 18.6. The van der Waals surface area contributed by atoms with Crippen molar-refractivity contribution in [2.24, 2.45) is 5.92 Å². The third-order valence-electron chi connectivity index (χ3n) is 6.36. The molecule has 2 fully saturated rings. The van der Waals surface area contributed by atoms with Crippen molar-refractivity contribution in [3.05, 3.63) is 36.0 Å². The van der Waals surface area contributed by atoms with Gasteiger partial charge in [0.05, 0.1) is 7.11 Å². The first-order valence-corrected chi connectivity index (χ1v) is 11.4. The Bertz CT molecular complexity index is 872. The summed E-state index contributed by atoms with van der Waals surface area (Å²) in [5.74, 6) is 3.37. The Morgan fingerprint density at radius 3 is 2.48 bits per heavy atom. The molecule has 31 heavy (non-hydrogen) atoms. The molecule has 1 saturated heterocycles. The Morgan fingerprint density at radius 1 is 1.10 bits per heavy atom. The van der Waals surface area contributed by atoms with E-state index in [2.05, 4.69) is 15.2 Å². The molecule has 1 aromatic carbocycles. The topological polar surface area (TPSA) is 70.6 Å². The number of aromatic nitrogens is 2. The molecule has 4 rings (SSSR count). The first-order valence-electron chi connectivity index (χ1n) is 11.4. The maximum absolute atomic E-state index is 12.6. The molecule has 1 aliphatic heterocycles. The van der Waals surface area contributed by atoms with E-state index in [1.54, 1.807) is 7.11 Å². The lowest BCUT2D eigenvalue weighted by Gasteiger charge is -2.35. The molecule has 166 valence electrons. The second-order valence-electron chi connectivity index (χ2n) is 8.61. The summed E-state index contributed by atoms with van der Waals surface area (Å²) in [7, 11) is 1.66. The summed E-state index contributed by atoms with van der Waals surface area (Å²) in [6, 6.07) is 9.70. The number of amides is 1. The van der Waals surface area contributed by atoms with Crippen LogP contribution in [0.2, 0.25) is 0 Å². The number of benzene rings is 1. The van der Waals surface area contributed by atoms with Gasteiger partial charge in [-0.2, -0.15) is 4.98 Å². The van der Waals surface area contributed by atoms with Crippen LogP contribution in [-0.2, 0) is 4.79 Å². The van der Waals surface area contributed by atoms with Gasteiger partial charge in [0.15, 0.2) is 0 Å². The Kier molecular flexibility index (Phi) is 6.89. The number of hydrogen-bond acceptors (Lipinski definition) is 6. The van der Waals surface area contributed by atoms with E-state index in [9.17, 15) is 4.79 Å². The molecule has 1 aromatic heterocycles. The number of hydrogen-bond donors (Lipinski definition) is 1. The monoisotopic (exact) mass is 423 g/mol. The van der Waals surface area contributed by atoms with Crippen LogP contribution in [-0.4, -0.2) is 54.1 Å². The highest BCUT2D eigenvalue weighted by molar-refractivity contribution is 5.76. The molecule has 0 unspecified atom stereocenters. The van der Waals surface area contributed by atoms with Crippen molar-refractivity contribution in [1.82, 2.24) is 14.9 Å². The number of nitrogens with one attached hydrogen (secondary N) is 1. The van der Waals surface area contributed by atoms with Gasteiger partial charge < -0.3 is 19.9 Å². The van der Waals surface area contributed by atoms with Crippen LogP contribution in [0.15, 0.2) is 30.3 Å². The van der Waals surface area contributed by atoms with Crippen LogP contribution < -0.4 is 15.0 Å². The van der Waals surface area contributed by atoms with E-state index in [0.29, 0.717) is 18.3 Å². The van der Waals surface area contributed by atoms with Crippen LogP contribution in [0.1, 0.15) is 44.2 Å². The molecular weight excluding hydrogens is 390 g/mol. The third-order valence-corrected chi connectivity index (χ3v) is 6.36. The minimum Gasteiger partial charge on any atom is -0.497 e. The molecule has 0 atom stereocenters. The van der Waals surface area contributed by atoms with Crippen molar-refractivity contribution >= 4 is 23.4 Å². The van der Waals surface area contributed by atoms with Crippen molar-refractivity contribution < 1.29 is 9.53 Å². The van der Waals surface area contributed by atoms with Gasteiger partial charge in [0.1, 0.15) is 11.6 Å². The van der Waals surface area contributed by atoms with Gasteiger partial charge in [0.2, 0.25) is 11.9 Å². The summed E-state index contributed by atoms with van der Waals surface area (Å²) in [6.45, 7) is 4.98. The number of aryl methyl sites for hydroxylation is 1. The SMILES string of the molecule is COc1ccc(Nc2cc(C)nc(N3CCN(C(=O)CCC4CCCC4)CC3)n2)cc1. The van der Waals surface area contributed by atoms with Crippen molar-refractivity contribution in [3.8, 4) is 5.75 Å². The summed E-state index contributed by atoms with van der Waals surface area (Å²) in [5, 5.41) is 3.35. The Labute approximate surface area is 184 Å². The fourth-order valence-corrected chi connectivity index (χ4v) is 4.52. The highest BCUT2D eigenvalue weighted by Gasteiger charge is 2.24. The van der Waals surface area contributed by atoms with Gasteiger partial charge in [0, 0.05) is 50.0 Å². The van der Waals surface area contributed by atoms with E-state index < -0.39 is 0 Å². The lowest BCUT2D eigenvalue weighted by atomic mass is 10.0. The molecule has 1 amide bonds. The van der Waals surface area contributed by atoms with E-state index >= 15 is 0 Å². The van der Waals surface area contributed by atoms with Gasteiger partial charge in [0.25, 0.3) is 0 Å².